The van der Waals surface area contributed by atoms with Gasteiger partial charge in [0.25, 0.3) is 0 Å². The molecule has 3 atom stereocenters. The quantitative estimate of drug-likeness (QED) is 0.818. The van der Waals surface area contributed by atoms with Crippen LogP contribution in [0.15, 0.2) is 58.8 Å². The molecule has 132 valence electrons. The summed E-state index contributed by atoms with van der Waals surface area (Å²) >= 11 is 0. The van der Waals surface area contributed by atoms with Gasteiger partial charge in [-0.15, -0.1) is 0 Å². The molecule has 25 heavy (non-hydrogen) atoms. The Morgan fingerprint density at radius 2 is 1.56 bits per heavy atom. The summed E-state index contributed by atoms with van der Waals surface area (Å²) in [6, 6.07) is 15.4. The number of aliphatic hydroxyl groups is 2. The minimum absolute atomic E-state index is 0.170. The molecular weight excluding hydrogens is 318 g/mol. The molecule has 0 amide bonds. The van der Waals surface area contributed by atoms with Crippen LogP contribution in [0.2, 0.25) is 0 Å². The predicted molar refractivity (Wildman–Crippen MR) is 96.7 cm³/mol. The van der Waals surface area contributed by atoms with Crippen molar-refractivity contribution < 1.29 is 14.9 Å². The minimum atomic E-state index is -0.625. The monoisotopic (exact) mass is 341 g/mol. The first-order valence-electron chi connectivity index (χ1n) is 8.30. The van der Waals surface area contributed by atoms with Gasteiger partial charge in [-0.25, -0.2) is 0 Å². The van der Waals surface area contributed by atoms with Crippen LogP contribution in [0.1, 0.15) is 18.1 Å². The van der Waals surface area contributed by atoms with E-state index in [1.54, 1.807) is 0 Å². The zero-order valence-corrected chi connectivity index (χ0v) is 14.4. The molecule has 3 rings (SSSR count). The van der Waals surface area contributed by atoms with Crippen LogP contribution in [0.3, 0.4) is 0 Å². The highest BCUT2D eigenvalue weighted by molar-refractivity contribution is 5.52. The van der Waals surface area contributed by atoms with Crippen molar-refractivity contribution in [2.24, 2.45) is 10.2 Å². The highest BCUT2D eigenvalue weighted by Crippen LogP contribution is 2.33. The van der Waals surface area contributed by atoms with Crippen molar-refractivity contribution >= 4 is 17.1 Å². The van der Waals surface area contributed by atoms with Crippen LogP contribution < -0.4 is 4.90 Å². The fraction of sp³-hybridized carbons (Fsp3) is 0.368. The Labute approximate surface area is 147 Å². The molecule has 2 aromatic carbocycles. The third kappa shape index (κ3) is 4.22. The summed E-state index contributed by atoms with van der Waals surface area (Å²) in [7, 11) is 3.99. The SMILES string of the molecule is CN(C)c1ccc(N=Nc2ccc(C3C[C@H](O)[C@@H](CO)O3)cc2)cc1. The summed E-state index contributed by atoms with van der Waals surface area (Å²) in [5.74, 6) is 0. The molecule has 0 spiro atoms. The Bertz CT molecular complexity index is 714. The lowest BCUT2D eigenvalue weighted by atomic mass is 10.0. The maximum Gasteiger partial charge on any atom is 0.107 e. The molecule has 0 aromatic heterocycles. The van der Waals surface area contributed by atoms with Crippen molar-refractivity contribution in [2.75, 3.05) is 25.6 Å². The summed E-state index contributed by atoms with van der Waals surface area (Å²) in [5, 5.41) is 27.5. The second kappa shape index (κ2) is 7.74. The van der Waals surface area contributed by atoms with E-state index in [-0.39, 0.29) is 12.7 Å². The van der Waals surface area contributed by atoms with Crippen molar-refractivity contribution in [1.82, 2.24) is 0 Å². The van der Waals surface area contributed by atoms with Crippen molar-refractivity contribution in [3.63, 3.8) is 0 Å². The Hall–Kier alpha value is -2.28. The van der Waals surface area contributed by atoms with Gasteiger partial charge in [-0.2, -0.15) is 10.2 Å². The van der Waals surface area contributed by atoms with Crippen LogP contribution in [-0.4, -0.2) is 43.1 Å². The molecule has 1 heterocycles. The van der Waals surface area contributed by atoms with E-state index in [0.29, 0.717) is 6.42 Å². The molecule has 2 N–H and O–H groups in total. The van der Waals surface area contributed by atoms with E-state index in [4.69, 9.17) is 9.84 Å². The number of ether oxygens (including phenoxy) is 1. The summed E-state index contributed by atoms with van der Waals surface area (Å²) < 4.78 is 5.65. The van der Waals surface area contributed by atoms with Gasteiger partial charge in [-0.3, -0.25) is 0 Å². The minimum Gasteiger partial charge on any atom is -0.394 e. The van der Waals surface area contributed by atoms with E-state index >= 15 is 0 Å². The first-order chi connectivity index (χ1) is 12.1. The van der Waals surface area contributed by atoms with Gasteiger partial charge in [0, 0.05) is 26.2 Å². The number of azo groups is 1. The zero-order chi connectivity index (χ0) is 17.8. The molecule has 1 unspecified atom stereocenters. The lowest BCUT2D eigenvalue weighted by Gasteiger charge is -2.12. The van der Waals surface area contributed by atoms with Gasteiger partial charge in [0.05, 0.1) is 30.2 Å². The highest BCUT2D eigenvalue weighted by Gasteiger charge is 2.34. The Morgan fingerprint density at radius 1 is 1.00 bits per heavy atom. The van der Waals surface area contributed by atoms with Crippen LogP contribution in [0.4, 0.5) is 17.1 Å². The molecule has 0 bridgehead atoms. The third-order valence-corrected chi connectivity index (χ3v) is 4.32. The van der Waals surface area contributed by atoms with E-state index in [2.05, 4.69) is 10.2 Å². The molecule has 1 saturated heterocycles. The molecule has 6 heteroatoms. The Balaban J connectivity index is 1.64. The summed E-state index contributed by atoms with van der Waals surface area (Å²) in [4.78, 5) is 2.03. The zero-order valence-electron chi connectivity index (χ0n) is 14.4. The van der Waals surface area contributed by atoms with E-state index in [1.165, 1.54) is 0 Å². The van der Waals surface area contributed by atoms with Crippen molar-refractivity contribution in [3.8, 4) is 0 Å². The van der Waals surface area contributed by atoms with E-state index < -0.39 is 12.2 Å². The number of hydrogen-bond donors (Lipinski definition) is 2. The molecule has 1 aliphatic heterocycles. The van der Waals surface area contributed by atoms with Crippen LogP contribution in [0.25, 0.3) is 0 Å². The van der Waals surface area contributed by atoms with Gasteiger partial charge < -0.3 is 19.8 Å². The average Bonchev–Trinajstić information content (AvgIpc) is 3.01. The molecule has 0 saturated carbocycles. The van der Waals surface area contributed by atoms with Crippen LogP contribution >= 0.6 is 0 Å². The number of anilines is 1. The van der Waals surface area contributed by atoms with Gasteiger partial charge >= 0.3 is 0 Å². The first-order valence-corrected chi connectivity index (χ1v) is 8.30. The lowest BCUT2D eigenvalue weighted by molar-refractivity contribution is -0.0225. The van der Waals surface area contributed by atoms with Crippen molar-refractivity contribution in [2.45, 2.75) is 24.7 Å². The fourth-order valence-corrected chi connectivity index (χ4v) is 2.80. The second-order valence-corrected chi connectivity index (χ2v) is 6.35. The second-order valence-electron chi connectivity index (χ2n) is 6.35. The molecule has 1 fully saturated rings. The van der Waals surface area contributed by atoms with E-state index in [0.717, 1.165) is 22.6 Å². The largest absolute Gasteiger partial charge is 0.394 e. The van der Waals surface area contributed by atoms with Gasteiger partial charge in [0.1, 0.15) is 6.10 Å². The lowest BCUT2D eigenvalue weighted by Crippen LogP contribution is -2.24. The Morgan fingerprint density at radius 3 is 2.04 bits per heavy atom. The van der Waals surface area contributed by atoms with Gasteiger partial charge in [0.2, 0.25) is 0 Å². The Kier molecular flexibility index (Phi) is 5.43. The number of rotatable bonds is 5. The van der Waals surface area contributed by atoms with E-state index in [1.807, 2.05) is 67.5 Å². The number of hydrogen-bond acceptors (Lipinski definition) is 6. The maximum absolute atomic E-state index is 9.82. The molecular formula is C19H23N3O3. The molecule has 6 nitrogen and oxygen atoms in total. The topological polar surface area (TPSA) is 77.7 Å². The molecule has 0 aliphatic carbocycles. The van der Waals surface area contributed by atoms with Crippen molar-refractivity contribution in [1.29, 1.82) is 0 Å². The first kappa shape index (κ1) is 17.5. The number of aliphatic hydroxyl groups excluding tert-OH is 2. The molecule has 2 aromatic rings. The van der Waals surface area contributed by atoms with Crippen LogP contribution in [-0.2, 0) is 4.74 Å². The summed E-state index contributed by atoms with van der Waals surface area (Å²) in [6.45, 7) is -0.170. The van der Waals surface area contributed by atoms with Gasteiger partial charge in [0.15, 0.2) is 0 Å². The van der Waals surface area contributed by atoms with Gasteiger partial charge in [-0.05, 0) is 42.0 Å². The summed E-state index contributed by atoms with van der Waals surface area (Å²) in [5.41, 5.74) is 3.62. The fourth-order valence-electron chi connectivity index (χ4n) is 2.80. The standard InChI is InChI=1S/C19H23N3O3/c1-22(2)16-9-7-15(8-10-16)21-20-14-5-3-13(4-6-14)18-11-17(24)19(12-23)25-18/h3-10,17-19,23-24H,11-12H2,1-2H3/t17-,18?,19+/m0/s1. The smallest absolute Gasteiger partial charge is 0.107 e. The predicted octanol–water partition coefficient (Wildman–Crippen LogP) is 3.35. The normalized spacial score (nSPS) is 23.3. The number of nitrogens with zero attached hydrogens (tertiary/aromatic N) is 3. The summed E-state index contributed by atoms with van der Waals surface area (Å²) in [6.07, 6.45) is -0.838. The van der Waals surface area contributed by atoms with Crippen LogP contribution in [0, 0.1) is 0 Å². The highest BCUT2D eigenvalue weighted by atomic mass is 16.5. The number of benzene rings is 2. The van der Waals surface area contributed by atoms with Gasteiger partial charge in [-0.1, -0.05) is 12.1 Å². The van der Waals surface area contributed by atoms with Crippen LogP contribution in [0.5, 0.6) is 0 Å². The maximum atomic E-state index is 9.82. The van der Waals surface area contributed by atoms with Crippen molar-refractivity contribution in [3.05, 3.63) is 54.1 Å². The molecule has 1 aliphatic rings. The third-order valence-electron chi connectivity index (χ3n) is 4.32. The average molecular weight is 341 g/mol. The van der Waals surface area contributed by atoms with E-state index in [9.17, 15) is 5.11 Å². The molecule has 0 radical (unpaired) electrons.